The molecule has 0 radical (unpaired) electrons. The number of nitriles is 2. The van der Waals surface area contributed by atoms with Crippen LogP contribution in [-0.4, -0.2) is 25.1 Å². The van der Waals surface area contributed by atoms with Crippen LogP contribution >= 0.6 is 0 Å². The fourth-order valence-electron chi connectivity index (χ4n) is 1.56. The fraction of sp³-hybridized carbons (Fsp3) is 0.385. The van der Waals surface area contributed by atoms with Crippen molar-refractivity contribution in [3.05, 3.63) is 29.3 Å². The first-order valence-corrected chi connectivity index (χ1v) is 5.41. The quantitative estimate of drug-likeness (QED) is 0.724. The standard InChI is InChI=1S/C13H15N3O/c1-3-16(7-6-14)10-11-4-5-12(9-15)13(8-11)17-2/h4-5,8H,3,7,10H2,1-2H3. The van der Waals surface area contributed by atoms with Gasteiger partial charge in [0.15, 0.2) is 0 Å². The molecule has 0 N–H and O–H groups in total. The van der Waals surface area contributed by atoms with Crippen molar-refractivity contribution in [2.24, 2.45) is 0 Å². The topological polar surface area (TPSA) is 60.0 Å². The SMILES string of the molecule is CCN(CC#N)Cc1ccc(C#N)c(OC)c1. The van der Waals surface area contributed by atoms with Crippen LogP contribution in [0.1, 0.15) is 18.1 Å². The summed E-state index contributed by atoms with van der Waals surface area (Å²) in [5, 5.41) is 17.5. The third-order valence-electron chi connectivity index (χ3n) is 2.53. The fourth-order valence-corrected chi connectivity index (χ4v) is 1.56. The number of hydrogen-bond acceptors (Lipinski definition) is 4. The van der Waals surface area contributed by atoms with Crippen LogP contribution in [0.2, 0.25) is 0 Å². The molecule has 1 rings (SSSR count). The van der Waals surface area contributed by atoms with E-state index in [1.54, 1.807) is 13.2 Å². The van der Waals surface area contributed by atoms with Gasteiger partial charge in [0.1, 0.15) is 11.8 Å². The van der Waals surface area contributed by atoms with Gasteiger partial charge in [-0.1, -0.05) is 13.0 Å². The minimum Gasteiger partial charge on any atom is -0.495 e. The number of hydrogen-bond donors (Lipinski definition) is 0. The van der Waals surface area contributed by atoms with Gasteiger partial charge in [-0.3, -0.25) is 4.90 Å². The first-order chi connectivity index (χ1) is 8.24. The van der Waals surface area contributed by atoms with E-state index in [1.165, 1.54) is 0 Å². The lowest BCUT2D eigenvalue weighted by Gasteiger charge is -2.17. The Labute approximate surface area is 102 Å². The molecule has 0 atom stereocenters. The molecule has 1 aromatic carbocycles. The normalized spacial score (nSPS) is 9.71. The summed E-state index contributed by atoms with van der Waals surface area (Å²) < 4.78 is 5.15. The van der Waals surface area contributed by atoms with Crippen LogP contribution in [0.15, 0.2) is 18.2 Å². The Kier molecular flexibility index (Phi) is 5.00. The minimum atomic E-state index is 0.402. The maximum absolute atomic E-state index is 8.87. The van der Waals surface area contributed by atoms with Crippen LogP contribution in [0, 0.1) is 22.7 Å². The van der Waals surface area contributed by atoms with Gasteiger partial charge in [-0.15, -0.1) is 0 Å². The molecule has 0 aliphatic heterocycles. The molecule has 0 saturated carbocycles. The summed E-state index contributed by atoms with van der Waals surface area (Å²) in [5.41, 5.74) is 1.57. The van der Waals surface area contributed by atoms with E-state index in [1.807, 2.05) is 24.0 Å². The molecule has 88 valence electrons. The molecule has 0 amide bonds. The number of benzene rings is 1. The van der Waals surface area contributed by atoms with Crippen LogP contribution in [0.5, 0.6) is 5.75 Å². The first-order valence-electron chi connectivity index (χ1n) is 5.41. The van der Waals surface area contributed by atoms with E-state index in [0.29, 0.717) is 24.4 Å². The number of nitrogens with zero attached hydrogens (tertiary/aromatic N) is 3. The molecule has 17 heavy (non-hydrogen) atoms. The van der Waals surface area contributed by atoms with Gasteiger partial charge in [-0.25, -0.2) is 0 Å². The average molecular weight is 229 g/mol. The van der Waals surface area contributed by atoms with Gasteiger partial charge in [0.2, 0.25) is 0 Å². The van der Waals surface area contributed by atoms with E-state index in [9.17, 15) is 0 Å². The van der Waals surface area contributed by atoms with Crippen molar-refractivity contribution >= 4 is 0 Å². The Morgan fingerprint density at radius 2 is 2.12 bits per heavy atom. The highest BCUT2D eigenvalue weighted by Gasteiger charge is 2.07. The number of rotatable bonds is 5. The van der Waals surface area contributed by atoms with E-state index in [-0.39, 0.29) is 0 Å². The molecule has 0 fully saturated rings. The van der Waals surface area contributed by atoms with Gasteiger partial charge in [0, 0.05) is 6.54 Å². The molecule has 0 heterocycles. The first kappa shape index (κ1) is 13.0. The van der Waals surface area contributed by atoms with Crippen molar-refractivity contribution in [2.45, 2.75) is 13.5 Å². The molecule has 0 aliphatic carbocycles. The Bertz CT molecular complexity index is 457. The Balaban J connectivity index is 2.86. The highest BCUT2D eigenvalue weighted by molar-refractivity contribution is 5.45. The van der Waals surface area contributed by atoms with Gasteiger partial charge in [-0.05, 0) is 24.2 Å². The van der Waals surface area contributed by atoms with E-state index in [0.717, 1.165) is 12.1 Å². The predicted octanol–water partition coefficient (Wildman–Crippen LogP) is 1.91. The zero-order chi connectivity index (χ0) is 12.7. The molecule has 0 bridgehead atoms. The third-order valence-corrected chi connectivity index (χ3v) is 2.53. The molecular weight excluding hydrogens is 214 g/mol. The highest BCUT2D eigenvalue weighted by Crippen LogP contribution is 2.20. The summed E-state index contributed by atoms with van der Waals surface area (Å²) in [5.74, 6) is 0.581. The smallest absolute Gasteiger partial charge is 0.136 e. The van der Waals surface area contributed by atoms with Gasteiger partial charge in [-0.2, -0.15) is 10.5 Å². The Morgan fingerprint density at radius 1 is 1.35 bits per heavy atom. The average Bonchev–Trinajstić information content (AvgIpc) is 2.38. The van der Waals surface area contributed by atoms with Crippen molar-refractivity contribution < 1.29 is 4.74 Å². The van der Waals surface area contributed by atoms with E-state index in [2.05, 4.69) is 12.1 Å². The molecule has 0 saturated heterocycles. The molecular formula is C13H15N3O. The van der Waals surface area contributed by atoms with Crippen molar-refractivity contribution in [1.82, 2.24) is 4.90 Å². The molecule has 0 spiro atoms. The summed E-state index contributed by atoms with van der Waals surface area (Å²) in [6, 6.07) is 9.69. The highest BCUT2D eigenvalue weighted by atomic mass is 16.5. The van der Waals surface area contributed by atoms with Crippen LogP contribution in [0.25, 0.3) is 0 Å². The van der Waals surface area contributed by atoms with Crippen LogP contribution in [0.3, 0.4) is 0 Å². The third kappa shape index (κ3) is 3.48. The molecule has 0 aliphatic rings. The minimum absolute atomic E-state index is 0.402. The zero-order valence-electron chi connectivity index (χ0n) is 10.1. The van der Waals surface area contributed by atoms with Crippen LogP contribution < -0.4 is 4.74 Å². The van der Waals surface area contributed by atoms with Crippen molar-refractivity contribution in [3.8, 4) is 17.9 Å². The maximum Gasteiger partial charge on any atom is 0.136 e. The number of methoxy groups -OCH3 is 1. The van der Waals surface area contributed by atoms with Gasteiger partial charge in [0.25, 0.3) is 0 Å². The zero-order valence-corrected chi connectivity index (χ0v) is 10.1. The predicted molar refractivity (Wildman–Crippen MR) is 64.3 cm³/mol. The monoisotopic (exact) mass is 229 g/mol. The van der Waals surface area contributed by atoms with Crippen molar-refractivity contribution in [2.75, 3.05) is 20.2 Å². The maximum atomic E-state index is 8.87. The van der Waals surface area contributed by atoms with Crippen LogP contribution in [0.4, 0.5) is 0 Å². The number of ether oxygens (including phenoxy) is 1. The van der Waals surface area contributed by atoms with Gasteiger partial charge < -0.3 is 4.74 Å². The molecule has 4 nitrogen and oxygen atoms in total. The molecule has 4 heteroatoms. The lowest BCUT2D eigenvalue weighted by molar-refractivity contribution is 0.314. The molecule has 0 aromatic heterocycles. The largest absolute Gasteiger partial charge is 0.495 e. The van der Waals surface area contributed by atoms with Crippen molar-refractivity contribution in [1.29, 1.82) is 10.5 Å². The molecule has 1 aromatic rings. The summed E-state index contributed by atoms with van der Waals surface area (Å²) >= 11 is 0. The lowest BCUT2D eigenvalue weighted by atomic mass is 10.1. The Hall–Kier alpha value is -2.04. The van der Waals surface area contributed by atoms with Crippen LogP contribution in [-0.2, 0) is 6.54 Å². The van der Waals surface area contributed by atoms with Crippen molar-refractivity contribution in [3.63, 3.8) is 0 Å². The second-order valence-electron chi connectivity index (χ2n) is 3.61. The second-order valence-corrected chi connectivity index (χ2v) is 3.61. The summed E-state index contributed by atoms with van der Waals surface area (Å²) in [6.45, 7) is 3.92. The Morgan fingerprint density at radius 3 is 2.65 bits per heavy atom. The second kappa shape index (κ2) is 6.52. The van der Waals surface area contributed by atoms with Gasteiger partial charge in [0.05, 0.1) is 25.3 Å². The summed E-state index contributed by atoms with van der Waals surface area (Å²) in [4.78, 5) is 2.01. The van der Waals surface area contributed by atoms with E-state index < -0.39 is 0 Å². The lowest BCUT2D eigenvalue weighted by Crippen LogP contribution is -2.23. The van der Waals surface area contributed by atoms with Gasteiger partial charge >= 0.3 is 0 Å². The van der Waals surface area contributed by atoms with E-state index in [4.69, 9.17) is 15.3 Å². The molecule has 0 unspecified atom stereocenters. The summed E-state index contributed by atoms with van der Waals surface area (Å²) in [7, 11) is 1.55. The van der Waals surface area contributed by atoms with E-state index >= 15 is 0 Å². The summed E-state index contributed by atoms with van der Waals surface area (Å²) in [6.07, 6.45) is 0.